The van der Waals surface area contributed by atoms with Crippen LogP contribution in [-0.2, 0) is 22.0 Å². The van der Waals surface area contributed by atoms with Crippen LogP contribution in [0.3, 0.4) is 0 Å². The number of likely N-dealkylation sites (tertiary alicyclic amines) is 1. The smallest absolute Gasteiger partial charge is 0.182 e. The number of ketones is 1. The Morgan fingerprint density at radius 2 is 1.67 bits per heavy atom. The number of rotatable bonds is 8. The van der Waals surface area contributed by atoms with Crippen LogP contribution in [0.5, 0.6) is 5.75 Å². The number of carbonyl (C=O) groups is 1. The molecule has 0 unspecified atom stereocenters. The predicted molar refractivity (Wildman–Crippen MR) is 151 cm³/mol. The predicted octanol–water partition coefficient (Wildman–Crippen LogP) is 6.71. The van der Waals surface area contributed by atoms with E-state index in [9.17, 15) is 9.90 Å². The van der Waals surface area contributed by atoms with Gasteiger partial charge in [-0.1, -0.05) is 71.9 Å². The maximum Gasteiger partial charge on any atom is 0.182 e. The van der Waals surface area contributed by atoms with Crippen molar-refractivity contribution in [2.75, 3.05) is 26.3 Å². The highest BCUT2D eigenvalue weighted by molar-refractivity contribution is 9.08. The van der Waals surface area contributed by atoms with E-state index in [1.54, 1.807) is 0 Å². The Labute approximate surface area is 225 Å². The molecule has 1 fully saturated rings. The molecule has 0 radical (unpaired) electrons. The Kier molecular flexibility index (Phi) is 9.05. The molecule has 1 aliphatic heterocycles. The van der Waals surface area contributed by atoms with Gasteiger partial charge in [0.2, 0.25) is 0 Å². The van der Waals surface area contributed by atoms with Gasteiger partial charge in [0.25, 0.3) is 0 Å². The molecule has 0 aromatic heterocycles. The molecule has 1 saturated heterocycles. The average molecular weight is 558 g/mol. The summed E-state index contributed by atoms with van der Waals surface area (Å²) in [5.74, 6) is 1.60. The lowest BCUT2D eigenvalue weighted by atomic mass is 9.78. The summed E-state index contributed by atoms with van der Waals surface area (Å²) in [6.07, 6.45) is 0.843. The van der Waals surface area contributed by atoms with Crippen LogP contribution in [0.1, 0.15) is 75.5 Å². The van der Waals surface area contributed by atoms with E-state index >= 15 is 0 Å². The van der Waals surface area contributed by atoms with Crippen LogP contribution in [0, 0.1) is 11.8 Å². The van der Waals surface area contributed by atoms with Crippen LogP contribution in [0.4, 0.5) is 0 Å². The molecule has 1 aliphatic rings. The number of benzene rings is 2. The van der Waals surface area contributed by atoms with E-state index < -0.39 is 0 Å². The first kappa shape index (κ1) is 28.4. The van der Waals surface area contributed by atoms with Crippen molar-refractivity contribution in [3.05, 3.63) is 64.7 Å². The molecule has 0 aliphatic carbocycles. The Hall–Kier alpha value is -2.18. The van der Waals surface area contributed by atoms with Crippen molar-refractivity contribution in [3.63, 3.8) is 0 Å². The number of amidine groups is 1. The zero-order valence-corrected chi connectivity index (χ0v) is 24.4. The summed E-state index contributed by atoms with van der Waals surface area (Å²) in [7, 11) is 0. The third kappa shape index (κ3) is 6.57. The summed E-state index contributed by atoms with van der Waals surface area (Å²) < 4.78 is 10.3. The van der Waals surface area contributed by atoms with E-state index in [0.717, 1.165) is 23.4 Å². The molecule has 3 rings (SSSR count). The van der Waals surface area contributed by atoms with Gasteiger partial charge >= 0.3 is 0 Å². The molecule has 2 atom stereocenters. The number of phenolic OH excluding ortho intramolecular Hbond substituents is 1. The van der Waals surface area contributed by atoms with Gasteiger partial charge in [0, 0.05) is 41.7 Å². The number of halogens is 1. The molecule has 2 aromatic rings. The standard InChI is InChI=1S/C30H41BrN2O3/c1-8-36-19-22-17-33(28(32-31)23(22)14-20-12-10-9-11-13-20)18-26(34)21-15-24(29(2,3)4)27(35)25(16-21)30(5,6)7/h9-13,15-16,22-23,35H,8,14,17-19H2,1-7H3/t22-,23-/m1/s1. The number of Topliss-reactive ketones (excluding diaryl/α,β-unsaturated/α-hetero) is 1. The highest BCUT2D eigenvalue weighted by Gasteiger charge is 2.39. The lowest BCUT2D eigenvalue weighted by molar-refractivity contribution is 0.0915. The minimum atomic E-state index is -0.292. The SMILES string of the molecule is CCOC[C@H]1CN(CC(=O)c2cc(C(C)(C)C)c(O)c(C(C)(C)C)c2)C(=NBr)[C@@H]1Cc1ccccc1. The first-order chi connectivity index (χ1) is 16.9. The fourth-order valence-electron chi connectivity index (χ4n) is 4.98. The molecule has 1 N–H and O–H groups in total. The second-order valence-corrected chi connectivity index (χ2v) is 12.2. The van der Waals surface area contributed by atoms with Gasteiger partial charge in [0.15, 0.2) is 5.78 Å². The van der Waals surface area contributed by atoms with Crippen LogP contribution < -0.4 is 0 Å². The molecule has 0 spiro atoms. The van der Waals surface area contributed by atoms with Crippen molar-refractivity contribution < 1.29 is 14.6 Å². The van der Waals surface area contributed by atoms with Crippen LogP contribution >= 0.6 is 16.1 Å². The van der Waals surface area contributed by atoms with Crippen LogP contribution in [0.15, 0.2) is 46.5 Å². The summed E-state index contributed by atoms with van der Waals surface area (Å²) in [6, 6.07) is 14.1. The maximum absolute atomic E-state index is 13.7. The number of carbonyl (C=O) groups excluding carboxylic acids is 1. The number of phenols is 1. The molecule has 0 amide bonds. The number of hydrogen-bond donors (Lipinski definition) is 1. The molecular formula is C30H41BrN2O3. The summed E-state index contributed by atoms with van der Waals surface area (Å²) in [6.45, 7) is 16.6. The van der Waals surface area contributed by atoms with E-state index in [-0.39, 0.29) is 40.7 Å². The summed E-state index contributed by atoms with van der Waals surface area (Å²) >= 11 is 3.36. The topological polar surface area (TPSA) is 62.1 Å². The third-order valence-electron chi connectivity index (χ3n) is 6.98. The molecular weight excluding hydrogens is 516 g/mol. The third-order valence-corrected chi connectivity index (χ3v) is 7.35. The Morgan fingerprint density at radius 3 is 2.17 bits per heavy atom. The largest absolute Gasteiger partial charge is 0.507 e. The number of aromatic hydroxyl groups is 1. The quantitative estimate of drug-likeness (QED) is 0.367. The maximum atomic E-state index is 13.7. The zero-order valence-electron chi connectivity index (χ0n) is 22.8. The zero-order chi connectivity index (χ0) is 26.7. The van der Waals surface area contributed by atoms with Gasteiger partial charge in [-0.3, -0.25) is 4.79 Å². The van der Waals surface area contributed by atoms with Crippen molar-refractivity contribution in [1.82, 2.24) is 4.90 Å². The van der Waals surface area contributed by atoms with Crippen molar-refractivity contribution in [2.45, 2.75) is 65.7 Å². The van der Waals surface area contributed by atoms with Gasteiger partial charge in [-0.05, 0) is 41.9 Å². The highest BCUT2D eigenvalue weighted by atomic mass is 79.9. The number of hydrogen-bond acceptors (Lipinski definition) is 4. The molecule has 0 saturated carbocycles. The van der Waals surface area contributed by atoms with Crippen LogP contribution in [-0.4, -0.2) is 47.9 Å². The minimum absolute atomic E-state index is 0.0233. The van der Waals surface area contributed by atoms with E-state index in [2.05, 4.69) is 90.9 Å². The second-order valence-electron chi connectivity index (χ2n) is 11.9. The monoisotopic (exact) mass is 556 g/mol. The van der Waals surface area contributed by atoms with Crippen LogP contribution in [0.25, 0.3) is 0 Å². The fourth-order valence-corrected chi connectivity index (χ4v) is 5.47. The Morgan fingerprint density at radius 1 is 1.08 bits per heavy atom. The Bertz CT molecular complexity index is 1050. The molecule has 6 heteroatoms. The van der Waals surface area contributed by atoms with Crippen molar-refractivity contribution in [2.24, 2.45) is 15.9 Å². The second kappa shape index (κ2) is 11.5. The van der Waals surface area contributed by atoms with Gasteiger partial charge < -0.3 is 14.7 Å². The molecule has 5 nitrogen and oxygen atoms in total. The van der Waals surface area contributed by atoms with Gasteiger partial charge in [-0.25, -0.2) is 0 Å². The van der Waals surface area contributed by atoms with Crippen LogP contribution in [0.2, 0.25) is 0 Å². The average Bonchev–Trinajstić information content (AvgIpc) is 3.12. The molecule has 1 heterocycles. The number of ether oxygens (including phenoxy) is 1. The van der Waals surface area contributed by atoms with E-state index in [1.807, 2.05) is 25.1 Å². The highest BCUT2D eigenvalue weighted by Crippen LogP contribution is 2.40. The Balaban J connectivity index is 1.92. The molecule has 196 valence electrons. The van der Waals surface area contributed by atoms with E-state index in [1.165, 1.54) is 5.56 Å². The van der Waals surface area contributed by atoms with Crippen molar-refractivity contribution >= 4 is 27.8 Å². The first-order valence-electron chi connectivity index (χ1n) is 12.8. The van der Waals surface area contributed by atoms with Gasteiger partial charge in [0.1, 0.15) is 11.6 Å². The molecule has 0 bridgehead atoms. The molecule has 36 heavy (non-hydrogen) atoms. The minimum Gasteiger partial charge on any atom is -0.507 e. The summed E-state index contributed by atoms with van der Waals surface area (Å²) in [5.41, 5.74) is 2.88. The lowest BCUT2D eigenvalue weighted by Gasteiger charge is -2.28. The fraction of sp³-hybridized carbons (Fsp3) is 0.533. The molecule has 2 aromatic carbocycles. The number of nitrogens with zero attached hydrogens (tertiary/aromatic N) is 2. The van der Waals surface area contributed by atoms with Gasteiger partial charge in [0.05, 0.1) is 29.3 Å². The first-order valence-corrected chi connectivity index (χ1v) is 13.5. The van der Waals surface area contributed by atoms with E-state index in [0.29, 0.717) is 25.3 Å². The van der Waals surface area contributed by atoms with Crippen molar-refractivity contribution in [3.8, 4) is 5.75 Å². The van der Waals surface area contributed by atoms with E-state index in [4.69, 9.17) is 4.74 Å². The summed E-state index contributed by atoms with van der Waals surface area (Å²) in [5, 5.41) is 11.1. The van der Waals surface area contributed by atoms with Gasteiger partial charge in [-0.15, -0.1) is 0 Å². The summed E-state index contributed by atoms with van der Waals surface area (Å²) in [4.78, 5) is 15.8. The van der Waals surface area contributed by atoms with Gasteiger partial charge in [-0.2, -0.15) is 4.02 Å². The van der Waals surface area contributed by atoms with Crippen molar-refractivity contribution in [1.29, 1.82) is 0 Å². The normalized spacial score (nSPS) is 19.8. The lowest BCUT2D eigenvalue weighted by Crippen LogP contribution is -2.33.